The number of amides is 1. The number of aliphatic hydroxyl groups is 1. The lowest BCUT2D eigenvalue weighted by Gasteiger charge is -2.38. The Balaban J connectivity index is 1.45. The predicted molar refractivity (Wildman–Crippen MR) is 99.0 cm³/mol. The second-order valence-corrected chi connectivity index (χ2v) is 7.46. The second-order valence-electron chi connectivity index (χ2n) is 7.46. The number of ether oxygens (including phenoxy) is 2. The highest BCUT2D eigenvalue weighted by Gasteiger charge is 2.52. The molecule has 2 atom stereocenters. The first-order valence-electron chi connectivity index (χ1n) is 9.38. The molecule has 3 N–H and O–H groups in total. The molecular weight excluding hydrogens is 344 g/mol. The van der Waals surface area contributed by atoms with Gasteiger partial charge in [0, 0.05) is 11.0 Å². The summed E-state index contributed by atoms with van der Waals surface area (Å²) in [6.07, 6.45) is 1.08. The third-order valence-electron chi connectivity index (χ3n) is 6.13. The summed E-state index contributed by atoms with van der Waals surface area (Å²) in [5.74, 6) is 0.995. The molecule has 1 aliphatic carbocycles. The number of nitrogens with one attached hydrogen (secondary N) is 2. The van der Waals surface area contributed by atoms with Crippen LogP contribution in [0.1, 0.15) is 40.4 Å². The fraction of sp³-hybridized carbons (Fsp3) is 0.381. The van der Waals surface area contributed by atoms with Gasteiger partial charge >= 0.3 is 0 Å². The van der Waals surface area contributed by atoms with Crippen LogP contribution in [-0.4, -0.2) is 37.0 Å². The zero-order chi connectivity index (χ0) is 18.4. The van der Waals surface area contributed by atoms with Gasteiger partial charge in [-0.05, 0) is 55.3 Å². The van der Waals surface area contributed by atoms with E-state index in [0.717, 1.165) is 37.1 Å². The lowest BCUT2D eigenvalue weighted by molar-refractivity contribution is 0.0418. The molecule has 0 bridgehead atoms. The van der Waals surface area contributed by atoms with Crippen molar-refractivity contribution in [2.24, 2.45) is 0 Å². The van der Waals surface area contributed by atoms with Gasteiger partial charge in [-0.15, -0.1) is 0 Å². The Kier molecular flexibility index (Phi) is 3.84. The number of hydrogen-bond donors (Lipinski definition) is 3. The van der Waals surface area contributed by atoms with Crippen LogP contribution in [-0.2, 0) is 5.41 Å². The molecule has 2 aromatic carbocycles. The van der Waals surface area contributed by atoms with Crippen LogP contribution < -0.4 is 20.1 Å². The van der Waals surface area contributed by atoms with Crippen molar-refractivity contribution in [2.75, 3.05) is 19.9 Å². The van der Waals surface area contributed by atoms with Gasteiger partial charge in [0.05, 0.1) is 12.1 Å². The van der Waals surface area contributed by atoms with Crippen LogP contribution >= 0.6 is 0 Å². The normalized spacial score (nSPS) is 24.6. The molecule has 0 unspecified atom stereocenters. The minimum Gasteiger partial charge on any atom is -0.454 e. The molecule has 0 saturated carbocycles. The Labute approximate surface area is 157 Å². The minimum absolute atomic E-state index is 0.172. The Hall–Kier alpha value is -2.57. The molecule has 6 nitrogen and oxygen atoms in total. The van der Waals surface area contributed by atoms with E-state index < -0.39 is 12.1 Å². The summed E-state index contributed by atoms with van der Waals surface area (Å²) in [5.41, 5.74) is 2.38. The molecule has 0 radical (unpaired) electrons. The van der Waals surface area contributed by atoms with E-state index in [2.05, 4.69) is 16.7 Å². The second kappa shape index (κ2) is 6.25. The van der Waals surface area contributed by atoms with Crippen LogP contribution in [0.2, 0.25) is 0 Å². The maximum absolute atomic E-state index is 12.9. The van der Waals surface area contributed by atoms with Crippen LogP contribution in [0.15, 0.2) is 42.5 Å². The molecule has 3 aliphatic rings. The fourth-order valence-electron chi connectivity index (χ4n) is 4.73. The fourth-order valence-corrected chi connectivity index (χ4v) is 4.73. The van der Waals surface area contributed by atoms with Gasteiger partial charge in [-0.3, -0.25) is 4.79 Å². The standard InChI is InChI=1S/C21H22N2O4/c24-19-18(23-20(25)13-5-6-16-17(11-13)27-12-26-16)14-3-1-2-4-15(14)21(19)7-9-22-10-8-21/h1-6,11,18-19,22,24H,7-10,12H2,(H,23,25)/t18-,19+/m0/s1. The summed E-state index contributed by atoms with van der Waals surface area (Å²) in [5, 5.41) is 17.7. The number of piperidine rings is 1. The molecule has 27 heavy (non-hydrogen) atoms. The van der Waals surface area contributed by atoms with Crippen molar-refractivity contribution >= 4 is 5.91 Å². The van der Waals surface area contributed by atoms with Crippen molar-refractivity contribution in [2.45, 2.75) is 30.4 Å². The maximum Gasteiger partial charge on any atom is 0.251 e. The minimum atomic E-state index is -0.644. The number of carbonyl (C=O) groups is 1. The maximum atomic E-state index is 12.9. The Morgan fingerprint density at radius 3 is 2.74 bits per heavy atom. The number of benzene rings is 2. The molecule has 6 heteroatoms. The van der Waals surface area contributed by atoms with Crippen molar-refractivity contribution in [3.05, 3.63) is 59.2 Å². The molecule has 2 heterocycles. The summed E-state index contributed by atoms with van der Waals surface area (Å²) < 4.78 is 10.7. The smallest absolute Gasteiger partial charge is 0.251 e. The first-order valence-corrected chi connectivity index (χ1v) is 9.38. The first-order chi connectivity index (χ1) is 13.2. The van der Waals surface area contributed by atoms with Crippen LogP contribution in [0.3, 0.4) is 0 Å². The largest absolute Gasteiger partial charge is 0.454 e. The van der Waals surface area contributed by atoms with Gasteiger partial charge in [-0.2, -0.15) is 0 Å². The van der Waals surface area contributed by atoms with Crippen molar-refractivity contribution in [3.8, 4) is 11.5 Å². The van der Waals surface area contributed by atoms with Gasteiger partial charge in [0.25, 0.3) is 5.91 Å². The zero-order valence-electron chi connectivity index (χ0n) is 14.9. The highest BCUT2D eigenvalue weighted by molar-refractivity contribution is 5.95. The molecule has 140 valence electrons. The Morgan fingerprint density at radius 2 is 1.89 bits per heavy atom. The molecule has 1 saturated heterocycles. The quantitative estimate of drug-likeness (QED) is 0.756. The van der Waals surface area contributed by atoms with Crippen molar-refractivity contribution in [1.29, 1.82) is 0 Å². The molecule has 2 aromatic rings. The Bertz CT molecular complexity index is 892. The van der Waals surface area contributed by atoms with Gasteiger partial charge in [-0.25, -0.2) is 0 Å². The van der Waals surface area contributed by atoms with Crippen molar-refractivity contribution in [3.63, 3.8) is 0 Å². The highest BCUT2D eigenvalue weighted by Crippen LogP contribution is 2.50. The monoisotopic (exact) mass is 366 g/mol. The van der Waals surface area contributed by atoms with E-state index in [1.54, 1.807) is 18.2 Å². The molecule has 1 amide bonds. The lowest BCUT2D eigenvalue weighted by atomic mass is 9.72. The van der Waals surface area contributed by atoms with E-state index >= 15 is 0 Å². The SMILES string of the molecule is O=C(N[C@H]1c2ccccc2C2(CCNCC2)[C@@H]1O)c1ccc2c(c1)OCO2. The van der Waals surface area contributed by atoms with Crippen LogP contribution in [0.25, 0.3) is 0 Å². The lowest BCUT2D eigenvalue weighted by Crippen LogP contribution is -2.48. The number of aliphatic hydroxyl groups excluding tert-OH is 1. The van der Waals surface area contributed by atoms with E-state index in [0.29, 0.717) is 17.1 Å². The third-order valence-corrected chi connectivity index (χ3v) is 6.13. The van der Waals surface area contributed by atoms with Crippen molar-refractivity contribution in [1.82, 2.24) is 10.6 Å². The zero-order valence-corrected chi connectivity index (χ0v) is 14.9. The number of rotatable bonds is 2. The molecule has 2 aliphatic heterocycles. The van der Waals surface area contributed by atoms with E-state index in [1.807, 2.05) is 18.2 Å². The van der Waals surface area contributed by atoms with Gasteiger partial charge in [0.2, 0.25) is 6.79 Å². The van der Waals surface area contributed by atoms with Crippen molar-refractivity contribution < 1.29 is 19.4 Å². The Morgan fingerprint density at radius 1 is 1.11 bits per heavy atom. The van der Waals surface area contributed by atoms with E-state index in [1.165, 1.54) is 0 Å². The van der Waals surface area contributed by atoms with Crippen LogP contribution in [0.4, 0.5) is 0 Å². The number of hydrogen-bond acceptors (Lipinski definition) is 5. The molecule has 5 rings (SSSR count). The number of carbonyl (C=O) groups excluding carboxylic acids is 1. The molecule has 1 spiro atoms. The van der Waals surface area contributed by atoms with Gasteiger partial charge in [-0.1, -0.05) is 24.3 Å². The molecular formula is C21H22N2O4. The van der Waals surface area contributed by atoms with Gasteiger partial charge < -0.3 is 25.2 Å². The molecule has 0 aromatic heterocycles. The number of fused-ring (bicyclic) bond motifs is 3. The van der Waals surface area contributed by atoms with Gasteiger partial charge in [0.1, 0.15) is 0 Å². The topological polar surface area (TPSA) is 79.8 Å². The predicted octanol–water partition coefficient (Wildman–Crippen LogP) is 1.88. The van der Waals surface area contributed by atoms with Crippen LogP contribution in [0.5, 0.6) is 11.5 Å². The summed E-state index contributed by atoms with van der Waals surface area (Å²) in [6, 6.07) is 12.8. The summed E-state index contributed by atoms with van der Waals surface area (Å²) >= 11 is 0. The first kappa shape index (κ1) is 16.6. The van der Waals surface area contributed by atoms with E-state index in [-0.39, 0.29) is 18.1 Å². The van der Waals surface area contributed by atoms with E-state index in [9.17, 15) is 9.90 Å². The average molecular weight is 366 g/mol. The summed E-state index contributed by atoms with van der Waals surface area (Å²) in [4.78, 5) is 12.9. The highest BCUT2D eigenvalue weighted by atomic mass is 16.7. The summed E-state index contributed by atoms with van der Waals surface area (Å²) in [6.45, 7) is 1.91. The van der Waals surface area contributed by atoms with Gasteiger partial charge in [0.15, 0.2) is 11.5 Å². The summed E-state index contributed by atoms with van der Waals surface area (Å²) in [7, 11) is 0. The third kappa shape index (κ3) is 2.51. The van der Waals surface area contributed by atoms with E-state index in [4.69, 9.17) is 9.47 Å². The average Bonchev–Trinajstić information content (AvgIpc) is 3.26. The molecule has 1 fully saturated rings. The van der Waals surface area contributed by atoms with Crippen LogP contribution in [0, 0.1) is 0 Å².